The number of nitrogens with zero attached hydrogens (tertiary/aromatic N) is 1. The van der Waals surface area contributed by atoms with Crippen LogP contribution in [0.3, 0.4) is 0 Å². The summed E-state index contributed by atoms with van der Waals surface area (Å²) in [5, 5.41) is 3.83. The highest BCUT2D eigenvalue weighted by atomic mass is 35.5. The van der Waals surface area contributed by atoms with Crippen LogP contribution < -0.4 is 5.32 Å². The SMILES string of the molecule is O=C(Nc1ccc(Cl)c(Cl)c1)N(CC1CCOC1)C1CC1. The molecular weight excluding hydrogens is 311 g/mol. The first-order valence-electron chi connectivity index (χ1n) is 7.24. The molecule has 1 saturated carbocycles. The summed E-state index contributed by atoms with van der Waals surface area (Å²) in [5.41, 5.74) is 0.669. The van der Waals surface area contributed by atoms with Crippen molar-refractivity contribution in [1.82, 2.24) is 4.90 Å². The van der Waals surface area contributed by atoms with Crippen molar-refractivity contribution in [3.63, 3.8) is 0 Å². The minimum Gasteiger partial charge on any atom is -0.381 e. The maximum absolute atomic E-state index is 12.5. The number of anilines is 1. The van der Waals surface area contributed by atoms with Gasteiger partial charge >= 0.3 is 6.03 Å². The largest absolute Gasteiger partial charge is 0.381 e. The lowest BCUT2D eigenvalue weighted by atomic mass is 10.1. The van der Waals surface area contributed by atoms with Crippen LogP contribution in [0.5, 0.6) is 0 Å². The maximum atomic E-state index is 12.5. The van der Waals surface area contributed by atoms with Crippen molar-refractivity contribution < 1.29 is 9.53 Å². The molecule has 1 N–H and O–H groups in total. The lowest BCUT2D eigenvalue weighted by molar-refractivity contribution is 0.167. The summed E-state index contributed by atoms with van der Waals surface area (Å²) in [4.78, 5) is 14.4. The van der Waals surface area contributed by atoms with Crippen molar-refractivity contribution in [1.29, 1.82) is 0 Å². The standard InChI is InChI=1S/C15H18Cl2N2O2/c16-13-4-1-11(7-14(13)17)18-15(20)19(12-2-3-12)8-10-5-6-21-9-10/h1,4,7,10,12H,2-3,5-6,8-9H2,(H,18,20). The zero-order chi connectivity index (χ0) is 14.8. The Kier molecular flexibility index (Phi) is 4.57. The van der Waals surface area contributed by atoms with E-state index in [1.54, 1.807) is 18.2 Å². The molecule has 2 fully saturated rings. The van der Waals surface area contributed by atoms with Gasteiger partial charge in [0, 0.05) is 30.8 Å². The van der Waals surface area contributed by atoms with Gasteiger partial charge in [0.1, 0.15) is 0 Å². The Balaban J connectivity index is 1.64. The van der Waals surface area contributed by atoms with Crippen LogP contribution in [0.15, 0.2) is 18.2 Å². The van der Waals surface area contributed by atoms with Gasteiger partial charge in [-0.05, 0) is 37.5 Å². The van der Waals surface area contributed by atoms with E-state index in [0.29, 0.717) is 27.7 Å². The van der Waals surface area contributed by atoms with Crippen molar-refractivity contribution in [3.05, 3.63) is 28.2 Å². The van der Waals surface area contributed by atoms with Crippen molar-refractivity contribution in [2.24, 2.45) is 5.92 Å². The number of rotatable bonds is 4. The summed E-state index contributed by atoms with van der Waals surface area (Å²) in [6.07, 6.45) is 3.20. The zero-order valence-corrected chi connectivity index (χ0v) is 13.2. The van der Waals surface area contributed by atoms with Gasteiger partial charge in [0.05, 0.1) is 16.7 Å². The normalized spacial score (nSPS) is 21.3. The Morgan fingerprint density at radius 1 is 1.29 bits per heavy atom. The van der Waals surface area contributed by atoms with E-state index in [1.165, 1.54) is 0 Å². The molecular formula is C15H18Cl2N2O2. The van der Waals surface area contributed by atoms with Gasteiger partial charge < -0.3 is 15.0 Å². The highest BCUT2D eigenvalue weighted by Crippen LogP contribution is 2.30. The van der Waals surface area contributed by atoms with E-state index in [0.717, 1.165) is 39.0 Å². The molecule has 0 radical (unpaired) electrons. The van der Waals surface area contributed by atoms with Crippen LogP contribution in [0, 0.1) is 5.92 Å². The first-order chi connectivity index (χ1) is 10.1. The number of carbonyl (C=O) groups excluding carboxylic acids is 1. The molecule has 1 heterocycles. The van der Waals surface area contributed by atoms with E-state index >= 15 is 0 Å². The summed E-state index contributed by atoms with van der Waals surface area (Å²) in [6, 6.07) is 5.42. The third-order valence-corrected chi connectivity index (χ3v) is 4.64. The van der Waals surface area contributed by atoms with Crippen LogP contribution >= 0.6 is 23.2 Å². The smallest absolute Gasteiger partial charge is 0.322 e. The average molecular weight is 329 g/mol. The van der Waals surface area contributed by atoms with Gasteiger partial charge in [0.25, 0.3) is 0 Å². The van der Waals surface area contributed by atoms with Crippen LogP contribution in [0.4, 0.5) is 10.5 Å². The maximum Gasteiger partial charge on any atom is 0.322 e. The number of halogens is 2. The lowest BCUT2D eigenvalue weighted by Crippen LogP contribution is -2.40. The van der Waals surface area contributed by atoms with Gasteiger partial charge in [0.15, 0.2) is 0 Å². The molecule has 3 rings (SSSR count). The zero-order valence-electron chi connectivity index (χ0n) is 11.6. The third-order valence-electron chi connectivity index (χ3n) is 3.90. The fourth-order valence-electron chi connectivity index (χ4n) is 2.56. The summed E-state index contributed by atoms with van der Waals surface area (Å²) in [7, 11) is 0. The molecule has 4 nitrogen and oxygen atoms in total. The van der Waals surface area contributed by atoms with Crippen LogP contribution in [0.1, 0.15) is 19.3 Å². The van der Waals surface area contributed by atoms with E-state index in [1.807, 2.05) is 4.90 Å². The summed E-state index contributed by atoms with van der Waals surface area (Å²) < 4.78 is 5.39. The van der Waals surface area contributed by atoms with Crippen molar-refractivity contribution in [2.75, 3.05) is 25.1 Å². The average Bonchev–Trinajstić information content (AvgIpc) is 3.16. The summed E-state index contributed by atoms with van der Waals surface area (Å²) in [5.74, 6) is 0.449. The van der Waals surface area contributed by atoms with Gasteiger partial charge in [-0.15, -0.1) is 0 Å². The summed E-state index contributed by atoms with van der Waals surface area (Å²) >= 11 is 11.9. The second kappa shape index (κ2) is 6.42. The van der Waals surface area contributed by atoms with Crippen LogP contribution in [0.2, 0.25) is 10.0 Å². The minimum atomic E-state index is -0.0669. The number of amides is 2. The predicted octanol–water partition coefficient (Wildman–Crippen LogP) is 4.03. The van der Waals surface area contributed by atoms with E-state index in [9.17, 15) is 4.79 Å². The van der Waals surface area contributed by atoms with Crippen molar-refractivity contribution >= 4 is 34.9 Å². The minimum absolute atomic E-state index is 0.0669. The molecule has 2 amide bonds. The monoisotopic (exact) mass is 328 g/mol. The van der Waals surface area contributed by atoms with Crippen LogP contribution in [-0.4, -0.2) is 36.7 Å². The van der Waals surface area contributed by atoms with Crippen LogP contribution in [0.25, 0.3) is 0 Å². The molecule has 1 saturated heterocycles. The van der Waals surface area contributed by atoms with Crippen molar-refractivity contribution in [2.45, 2.75) is 25.3 Å². The highest BCUT2D eigenvalue weighted by Gasteiger charge is 2.34. The Morgan fingerprint density at radius 2 is 2.10 bits per heavy atom. The topological polar surface area (TPSA) is 41.6 Å². The number of hydrogen-bond donors (Lipinski definition) is 1. The molecule has 2 aliphatic rings. The van der Waals surface area contributed by atoms with Gasteiger partial charge in [-0.2, -0.15) is 0 Å². The number of benzene rings is 1. The third kappa shape index (κ3) is 3.82. The molecule has 1 aliphatic heterocycles. The van der Waals surface area contributed by atoms with Gasteiger partial charge in [0.2, 0.25) is 0 Å². The Hall–Kier alpha value is -0.970. The molecule has 1 aromatic rings. The predicted molar refractivity (Wildman–Crippen MR) is 84.1 cm³/mol. The molecule has 0 spiro atoms. The summed E-state index contributed by atoms with van der Waals surface area (Å²) in [6.45, 7) is 2.32. The second-order valence-corrected chi connectivity index (χ2v) is 6.49. The van der Waals surface area contributed by atoms with Crippen LogP contribution in [-0.2, 0) is 4.74 Å². The van der Waals surface area contributed by atoms with Crippen molar-refractivity contribution in [3.8, 4) is 0 Å². The molecule has 1 unspecified atom stereocenters. The van der Waals surface area contributed by atoms with E-state index in [2.05, 4.69) is 5.32 Å². The molecule has 0 bridgehead atoms. The molecule has 1 atom stereocenters. The van der Waals surface area contributed by atoms with E-state index in [4.69, 9.17) is 27.9 Å². The Morgan fingerprint density at radius 3 is 2.71 bits per heavy atom. The lowest BCUT2D eigenvalue weighted by Gasteiger charge is -2.25. The van der Waals surface area contributed by atoms with Gasteiger partial charge in [-0.25, -0.2) is 4.79 Å². The fourth-order valence-corrected chi connectivity index (χ4v) is 2.86. The Bertz CT molecular complexity index is 528. The molecule has 114 valence electrons. The number of urea groups is 1. The van der Waals surface area contributed by atoms with Gasteiger partial charge in [-0.3, -0.25) is 0 Å². The number of nitrogens with one attached hydrogen (secondary N) is 1. The quantitative estimate of drug-likeness (QED) is 0.906. The van der Waals surface area contributed by atoms with E-state index < -0.39 is 0 Å². The highest BCUT2D eigenvalue weighted by molar-refractivity contribution is 6.42. The molecule has 21 heavy (non-hydrogen) atoms. The number of hydrogen-bond acceptors (Lipinski definition) is 2. The Labute approximate surface area is 134 Å². The fraction of sp³-hybridized carbons (Fsp3) is 0.533. The first-order valence-corrected chi connectivity index (χ1v) is 7.99. The number of ether oxygens (including phenoxy) is 1. The number of carbonyl (C=O) groups is 1. The van der Waals surface area contributed by atoms with E-state index in [-0.39, 0.29) is 6.03 Å². The molecule has 1 aliphatic carbocycles. The first kappa shape index (κ1) is 14.9. The molecule has 6 heteroatoms. The second-order valence-electron chi connectivity index (χ2n) is 5.67. The molecule has 0 aromatic heterocycles. The molecule has 1 aromatic carbocycles. The van der Waals surface area contributed by atoms with Gasteiger partial charge in [-0.1, -0.05) is 23.2 Å².